The lowest BCUT2D eigenvalue weighted by Crippen LogP contribution is -2.42. The van der Waals surface area contributed by atoms with Gasteiger partial charge in [0.1, 0.15) is 0 Å². The van der Waals surface area contributed by atoms with E-state index in [1.807, 2.05) is 74.8 Å². The molecule has 0 aliphatic heterocycles. The van der Waals surface area contributed by atoms with Crippen LogP contribution < -0.4 is 10.9 Å². The van der Waals surface area contributed by atoms with Crippen molar-refractivity contribution in [3.05, 3.63) is 82.2 Å². The van der Waals surface area contributed by atoms with Crippen LogP contribution >= 0.6 is 0 Å². The topological polar surface area (TPSA) is 76.0 Å². The van der Waals surface area contributed by atoms with Gasteiger partial charge in [0.15, 0.2) is 0 Å². The van der Waals surface area contributed by atoms with Crippen molar-refractivity contribution in [1.82, 2.24) is 20.6 Å². The van der Waals surface area contributed by atoms with Crippen LogP contribution in [0.15, 0.2) is 48.5 Å². The second-order valence-electron chi connectivity index (χ2n) is 6.89. The number of aryl methyl sites for hydroxylation is 3. The molecule has 6 nitrogen and oxygen atoms in total. The van der Waals surface area contributed by atoms with E-state index in [9.17, 15) is 9.59 Å². The Morgan fingerprint density at radius 3 is 2.36 bits per heavy atom. The maximum atomic E-state index is 12.4. The Hall–Kier alpha value is -3.41. The van der Waals surface area contributed by atoms with Crippen molar-refractivity contribution in [2.75, 3.05) is 0 Å². The van der Waals surface area contributed by atoms with Crippen molar-refractivity contribution in [2.24, 2.45) is 0 Å². The van der Waals surface area contributed by atoms with Gasteiger partial charge in [-0.3, -0.25) is 20.4 Å². The number of carbonyl (C=O) groups excluding carboxylic acids is 2. The summed E-state index contributed by atoms with van der Waals surface area (Å²) in [7, 11) is 0. The summed E-state index contributed by atoms with van der Waals surface area (Å²) in [5, 5.41) is 4.55. The molecule has 0 aliphatic rings. The monoisotopic (exact) mass is 376 g/mol. The van der Waals surface area contributed by atoms with Crippen LogP contribution in [-0.2, 0) is 11.2 Å². The van der Waals surface area contributed by atoms with Crippen LogP contribution in [0.25, 0.3) is 5.69 Å². The Labute approximate surface area is 164 Å². The highest BCUT2D eigenvalue weighted by atomic mass is 16.2. The highest BCUT2D eigenvalue weighted by molar-refractivity contribution is 5.96. The molecule has 0 fully saturated rings. The molecule has 2 amide bonds. The number of hydrogen-bond donors (Lipinski definition) is 2. The Bertz CT molecular complexity index is 1020. The molecule has 6 heteroatoms. The van der Waals surface area contributed by atoms with E-state index in [1.165, 1.54) is 0 Å². The highest BCUT2D eigenvalue weighted by Gasteiger charge is 2.17. The third-order valence-electron chi connectivity index (χ3n) is 4.72. The second-order valence-corrected chi connectivity index (χ2v) is 6.89. The average Bonchev–Trinajstić information content (AvgIpc) is 2.95. The molecule has 3 rings (SSSR count). The molecule has 0 aliphatic carbocycles. The molecule has 1 heterocycles. The molecule has 0 bridgehead atoms. The SMILES string of the molecule is Cc1ccc(C(=O)NNC(=O)Cc2c(C)nn(-c3ccccc3)c2C)c(C)c1. The van der Waals surface area contributed by atoms with E-state index in [0.29, 0.717) is 5.56 Å². The molecule has 0 atom stereocenters. The molecule has 0 radical (unpaired) electrons. The van der Waals surface area contributed by atoms with Crippen LogP contribution in [-0.4, -0.2) is 21.6 Å². The van der Waals surface area contributed by atoms with E-state index >= 15 is 0 Å². The lowest BCUT2D eigenvalue weighted by Gasteiger charge is -2.10. The molecule has 0 saturated heterocycles. The van der Waals surface area contributed by atoms with Gasteiger partial charge in [0.05, 0.1) is 17.8 Å². The normalized spacial score (nSPS) is 10.6. The minimum absolute atomic E-state index is 0.137. The van der Waals surface area contributed by atoms with Gasteiger partial charge in [-0.25, -0.2) is 4.68 Å². The van der Waals surface area contributed by atoms with Gasteiger partial charge in [0, 0.05) is 16.8 Å². The number of nitrogens with one attached hydrogen (secondary N) is 2. The fraction of sp³-hybridized carbons (Fsp3) is 0.227. The minimum Gasteiger partial charge on any atom is -0.273 e. The lowest BCUT2D eigenvalue weighted by molar-refractivity contribution is -0.121. The van der Waals surface area contributed by atoms with Gasteiger partial charge in [-0.05, 0) is 51.5 Å². The summed E-state index contributed by atoms with van der Waals surface area (Å²) in [5.74, 6) is -0.629. The van der Waals surface area contributed by atoms with E-state index in [1.54, 1.807) is 6.07 Å². The van der Waals surface area contributed by atoms with E-state index in [0.717, 1.165) is 33.8 Å². The maximum absolute atomic E-state index is 12.4. The van der Waals surface area contributed by atoms with Crippen LogP contribution in [0, 0.1) is 27.7 Å². The summed E-state index contributed by atoms with van der Waals surface area (Å²) in [6, 6.07) is 15.3. The quantitative estimate of drug-likeness (QED) is 0.687. The van der Waals surface area contributed by atoms with Gasteiger partial charge in [-0.2, -0.15) is 5.10 Å². The molecule has 3 aromatic rings. The first-order chi connectivity index (χ1) is 13.4. The lowest BCUT2D eigenvalue weighted by atomic mass is 10.1. The minimum atomic E-state index is -0.334. The van der Waals surface area contributed by atoms with Crippen molar-refractivity contribution in [2.45, 2.75) is 34.1 Å². The van der Waals surface area contributed by atoms with Crippen molar-refractivity contribution in [3.8, 4) is 5.69 Å². The average molecular weight is 376 g/mol. The molecule has 28 heavy (non-hydrogen) atoms. The maximum Gasteiger partial charge on any atom is 0.269 e. The van der Waals surface area contributed by atoms with E-state index in [4.69, 9.17) is 0 Å². The molecule has 0 spiro atoms. The van der Waals surface area contributed by atoms with Gasteiger partial charge in [0.2, 0.25) is 5.91 Å². The third-order valence-corrected chi connectivity index (χ3v) is 4.72. The first-order valence-corrected chi connectivity index (χ1v) is 9.13. The van der Waals surface area contributed by atoms with Crippen LogP contribution in [0.4, 0.5) is 0 Å². The van der Waals surface area contributed by atoms with E-state index < -0.39 is 0 Å². The number of benzene rings is 2. The third kappa shape index (κ3) is 4.11. The number of nitrogens with zero attached hydrogens (tertiary/aromatic N) is 2. The largest absolute Gasteiger partial charge is 0.273 e. The van der Waals surface area contributed by atoms with Crippen LogP contribution in [0.3, 0.4) is 0 Å². The summed E-state index contributed by atoms with van der Waals surface area (Å²) in [6.07, 6.45) is 0.137. The van der Waals surface area contributed by atoms with Crippen molar-refractivity contribution < 1.29 is 9.59 Å². The molecular formula is C22H24N4O2. The van der Waals surface area contributed by atoms with Crippen molar-refractivity contribution in [3.63, 3.8) is 0 Å². The molecule has 0 saturated carbocycles. The first-order valence-electron chi connectivity index (χ1n) is 9.13. The zero-order valence-corrected chi connectivity index (χ0v) is 16.5. The molecule has 2 N–H and O–H groups in total. The van der Waals surface area contributed by atoms with Crippen LogP contribution in [0.2, 0.25) is 0 Å². The summed E-state index contributed by atoms with van der Waals surface area (Å²) in [5.41, 5.74) is 11.0. The number of aromatic nitrogens is 2. The van der Waals surface area contributed by atoms with Gasteiger partial charge in [0.25, 0.3) is 5.91 Å². The first kappa shape index (κ1) is 19.4. The number of hydrogen-bond acceptors (Lipinski definition) is 3. The van der Waals surface area contributed by atoms with Crippen molar-refractivity contribution in [1.29, 1.82) is 0 Å². The fourth-order valence-electron chi connectivity index (χ4n) is 3.22. The summed E-state index contributed by atoms with van der Waals surface area (Å²) < 4.78 is 1.83. The molecule has 0 unspecified atom stereocenters. The zero-order valence-electron chi connectivity index (χ0n) is 16.5. The Balaban J connectivity index is 1.67. The number of carbonyl (C=O) groups is 2. The van der Waals surface area contributed by atoms with E-state index in [-0.39, 0.29) is 18.2 Å². The van der Waals surface area contributed by atoms with Crippen molar-refractivity contribution >= 4 is 11.8 Å². The number of hydrazine groups is 1. The Kier molecular flexibility index (Phi) is 5.59. The van der Waals surface area contributed by atoms with E-state index in [2.05, 4.69) is 16.0 Å². The van der Waals surface area contributed by atoms with Gasteiger partial charge in [-0.15, -0.1) is 0 Å². The smallest absolute Gasteiger partial charge is 0.269 e. The van der Waals surface area contributed by atoms with Crippen LogP contribution in [0.5, 0.6) is 0 Å². The number of para-hydroxylation sites is 1. The van der Waals surface area contributed by atoms with Gasteiger partial charge >= 0.3 is 0 Å². The number of rotatable bonds is 4. The zero-order chi connectivity index (χ0) is 20.3. The molecule has 144 valence electrons. The molecule has 2 aromatic carbocycles. The standard InChI is InChI=1S/C22H24N4O2/c1-14-10-11-19(15(2)12-14)22(28)24-23-21(27)13-20-16(3)25-26(17(20)4)18-8-6-5-7-9-18/h5-12H,13H2,1-4H3,(H,23,27)(H,24,28). The summed E-state index contributed by atoms with van der Waals surface area (Å²) in [4.78, 5) is 24.7. The Morgan fingerprint density at radius 2 is 1.68 bits per heavy atom. The van der Waals surface area contributed by atoms with Gasteiger partial charge < -0.3 is 0 Å². The predicted octanol–water partition coefficient (Wildman–Crippen LogP) is 3.11. The molecule has 1 aromatic heterocycles. The number of amides is 2. The predicted molar refractivity (Wildman–Crippen MR) is 108 cm³/mol. The Morgan fingerprint density at radius 1 is 0.964 bits per heavy atom. The van der Waals surface area contributed by atoms with Gasteiger partial charge in [-0.1, -0.05) is 35.9 Å². The highest BCUT2D eigenvalue weighted by Crippen LogP contribution is 2.18. The summed E-state index contributed by atoms with van der Waals surface area (Å²) >= 11 is 0. The van der Waals surface area contributed by atoms with Crippen LogP contribution in [0.1, 0.15) is 38.4 Å². The molecular weight excluding hydrogens is 352 g/mol. The fourth-order valence-corrected chi connectivity index (χ4v) is 3.22. The second kappa shape index (κ2) is 8.08. The summed E-state index contributed by atoms with van der Waals surface area (Å²) in [6.45, 7) is 7.65.